The van der Waals surface area contributed by atoms with Crippen LogP contribution < -0.4 is 5.32 Å². The molecule has 1 amide bonds. The van der Waals surface area contributed by atoms with Crippen molar-refractivity contribution in [1.82, 2.24) is 4.90 Å². The molecule has 0 saturated carbocycles. The maximum Gasteiger partial charge on any atom is 0.225 e. The highest BCUT2D eigenvalue weighted by Gasteiger charge is 2.13. The van der Waals surface area contributed by atoms with Crippen LogP contribution in [0.5, 0.6) is 0 Å². The van der Waals surface area contributed by atoms with Crippen LogP contribution >= 0.6 is 22.9 Å². The summed E-state index contributed by atoms with van der Waals surface area (Å²) in [6.07, 6.45) is 2.06. The number of carbonyl (C=O) groups excluding carboxylic acids is 1. The standard InChI is InChI=1S/C19H19ClN2O2S/c20-17-7-1-2-8-18(17)21-19(23)9-10-22(13-15-5-3-11-24-15)14-16-6-4-12-25-16/h1-8,11-12H,9-10,13-14H2,(H,21,23). The zero-order valence-electron chi connectivity index (χ0n) is 13.7. The van der Waals surface area contributed by atoms with Gasteiger partial charge in [0.25, 0.3) is 0 Å². The Morgan fingerprint density at radius 1 is 1.12 bits per heavy atom. The summed E-state index contributed by atoms with van der Waals surface area (Å²) in [4.78, 5) is 15.7. The number of amides is 1. The van der Waals surface area contributed by atoms with Crippen molar-refractivity contribution in [2.45, 2.75) is 19.5 Å². The summed E-state index contributed by atoms with van der Waals surface area (Å²) in [6.45, 7) is 2.09. The van der Waals surface area contributed by atoms with E-state index < -0.39 is 0 Å². The Balaban J connectivity index is 1.57. The number of hydrogen-bond donors (Lipinski definition) is 1. The van der Waals surface area contributed by atoms with Gasteiger partial charge in [-0.1, -0.05) is 29.8 Å². The molecule has 0 saturated heterocycles. The van der Waals surface area contributed by atoms with Crippen molar-refractivity contribution in [2.24, 2.45) is 0 Å². The second kappa shape index (κ2) is 8.85. The van der Waals surface area contributed by atoms with E-state index in [9.17, 15) is 4.79 Å². The fourth-order valence-electron chi connectivity index (χ4n) is 2.49. The number of halogens is 1. The molecule has 25 heavy (non-hydrogen) atoms. The van der Waals surface area contributed by atoms with Gasteiger partial charge in [0.1, 0.15) is 5.76 Å². The van der Waals surface area contributed by atoms with E-state index in [-0.39, 0.29) is 5.91 Å². The molecule has 2 aromatic heterocycles. The van der Waals surface area contributed by atoms with Gasteiger partial charge in [0.2, 0.25) is 5.91 Å². The molecule has 0 fully saturated rings. The number of nitrogens with zero attached hydrogens (tertiary/aromatic N) is 1. The highest BCUT2D eigenvalue weighted by atomic mass is 35.5. The highest BCUT2D eigenvalue weighted by Crippen LogP contribution is 2.21. The molecule has 130 valence electrons. The molecule has 1 N–H and O–H groups in total. The molecular weight excluding hydrogens is 356 g/mol. The molecule has 0 spiro atoms. The molecule has 3 aromatic rings. The summed E-state index contributed by atoms with van der Waals surface area (Å²) >= 11 is 7.80. The average Bonchev–Trinajstić information content (AvgIpc) is 3.29. The molecule has 0 aliphatic rings. The summed E-state index contributed by atoms with van der Waals surface area (Å²) in [5, 5.41) is 5.47. The lowest BCUT2D eigenvalue weighted by Crippen LogP contribution is -2.27. The maximum atomic E-state index is 12.3. The average molecular weight is 375 g/mol. The van der Waals surface area contributed by atoms with Gasteiger partial charge in [-0.15, -0.1) is 11.3 Å². The first-order valence-corrected chi connectivity index (χ1v) is 9.28. The second-order valence-corrected chi connectivity index (χ2v) is 7.09. The zero-order valence-corrected chi connectivity index (χ0v) is 15.2. The van der Waals surface area contributed by atoms with E-state index in [4.69, 9.17) is 16.0 Å². The normalized spacial score (nSPS) is 11.0. The predicted molar refractivity (Wildman–Crippen MR) is 102 cm³/mol. The number of thiophene rings is 1. The maximum absolute atomic E-state index is 12.3. The first kappa shape index (κ1) is 17.7. The Kier molecular flexibility index (Phi) is 6.28. The van der Waals surface area contributed by atoms with Crippen LogP contribution in [0.2, 0.25) is 5.02 Å². The van der Waals surface area contributed by atoms with E-state index in [1.54, 1.807) is 29.7 Å². The SMILES string of the molecule is O=C(CCN(Cc1ccco1)Cc1cccs1)Nc1ccccc1Cl. The number of anilines is 1. The van der Waals surface area contributed by atoms with E-state index in [2.05, 4.69) is 21.7 Å². The minimum absolute atomic E-state index is 0.0521. The third-order valence-electron chi connectivity index (χ3n) is 3.72. The Morgan fingerprint density at radius 3 is 2.72 bits per heavy atom. The van der Waals surface area contributed by atoms with Crippen LogP contribution in [0.3, 0.4) is 0 Å². The molecular formula is C19H19ClN2O2S. The molecule has 6 heteroatoms. The van der Waals surface area contributed by atoms with Gasteiger partial charge in [-0.05, 0) is 35.7 Å². The number of nitrogens with one attached hydrogen (secondary N) is 1. The van der Waals surface area contributed by atoms with Gasteiger partial charge in [-0.2, -0.15) is 0 Å². The fourth-order valence-corrected chi connectivity index (χ4v) is 3.42. The lowest BCUT2D eigenvalue weighted by molar-refractivity contribution is -0.116. The van der Waals surface area contributed by atoms with Crippen molar-refractivity contribution in [1.29, 1.82) is 0 Å². The lowest BCUT2D eigenvalue weighted by Gasteiger charge is -2.20. The lowest BCUT2D eigenvalue weighted by atomic mass is 10.2. The number of carbonyl (C=O) groups is 1. The van der Waals surface area contributed by atoms with E-state index in [0.717, 1.165) is 12.3 Å². The Labute approximate surface area is 156 Å². The summed E-state index contributed by atoms with van der Waals surface area (Å²) < 4.78 is 5.45. The number of hydrogen-bond acceptors (Lipinski definition) is 4. The van der Waals surface area contributed by atoms with Crippen molar-refractivity contribution in [2.75, 3.05) is 11.9 Å². The summed E-state index contributed by atoms with van der Waals surface area (Å²) in [5.74, 6) is 0.840. The van der Waals surface area contributed by atoms with Crippen LogP contribution in [0.25, 0.3) is 0 Å². The molecule has 0 unspecified atom stereocenters. The van der Waals surface area contributed by atoms with Crippen LogP contribution in [0, 0.1) is 0 Å². The zero-order chi connectivity index (χ0) is 17.5. The topological polar surface area (TPSA) is 45.5 Å². The Bertz CT molecular complexity index is 751. The molecule has 3 rings (SSSR count). The third-order valence-corrected chi connectivity index (χ3v) is 4.91. The van der Waals surface area contributed by atoms with E-state index in [0.29, 0.717) is 30.2 Å². The monoisotopic (exact) mass is 374 g/mol. The Morgan fingerprint density at radius 2 is 2.00 bits per heavy atom. The molecule has 2 heterocycles. The van der Waals surface area contributed by atoms with Gasteiger partial charge >= 0.3 is 0 Å². The summed E-state index contributed by atoms with van der Waals surface area (Å²) in [5.41, 5.74) is 0.644. The molecule has 1 aromatic carbocycles. The van der Waals surface area contributed by atoms with Crippen LogP contribution in [-0.4, -0.2) is 17.4 Å². The van der Waals surface area contributed by atoms with Crippen molar-refractivity contribution in [3.05, 3.63) is 75.8 Å². The third kappa shape index (κ3) is 5.46. The van der Waals surface area contributed by atoms with Crippen molar-refractivity contribution in [3.63, 3.8) is 0 Å². The highest BCUT2D eigenvalue weighted by molar-refractivity contribution is 7.09. The fraction of sp³-hybridized carbons (Fsp3) is 0.211. The minimum atomic E-state index is -0.0521. The van der Waals surface area contributed by atoms with E-state index >= 15 is 0 Å². The molecule has 4 nitrogen and oxygen atoms in total. The molecule has 0 aliphatic carbocycles. The number of furan rings is 1. The van der Waals surface area contributed by atoms with Crippen molar-refractivity contribution in [3.8, 4) is 0 Å². The van der Waals surface area contributed by atoms with Crippen molar-refractivity contribution < 1.29 is 9.21 Å². The quantitative estimate of drug-likeness (QED) is 0.601. The Hall–Kier alpha value is -2.08. The van der Waals surface area contributed by atoms with Gasteiger partial charge in [0.05, 0.1) is 23.5 Å². The second-order valence-electron chi connectivity index (χ2n) is 5.65. The van der Waals surface area contributed by atoms with Crippen LogP contribution in [0.4, 0.5) is 5.69 Å². The number of benzene rings is 1. The van der Waals surface area contributed by atoms with E-state index in [1.165, 1.54) is 4.88 Å². The van der Waals surface area contributed by atoms with Crippen LogP contribution in [-0.2, 0) is 17.9 Å². The van der Waals surface area contributed by atoms with Crippen LogP contribution in [0.1, 0.15) is 17.1 Å². The first-order chi connectivity index (χ1) is 12.2. The van der Waals surface area contributed by atoms with Crippen LogP contribution in [0.15, 0.2) is 64.6 Å². The smallest absolute Gasteiger partial charge is 0.225 e. The van der Waals surface area contributed by atoms with E-state index in [1.807, 2.05) is 30.3 Å². The largest absolute Gasteiger partial charge is 0.468 e. The van der Waals surface area contributed by atoms with Gasteiger partial charge in [-0.3, -0.25) is 9.69 Å². The first-order valence-electron chi connectivity index (χ1n) is 8.02. The molecule has 0 atom stereocenters. The van der Waals surface area contributed by atoms with Gasteiger partial charge < -0.3 is 9.73 Å². The molecule has 0 radical (unpaired) electrons. The van der Waals surface area contributed by atoms with Crippen molar-refractivity contribution >= 4 is 34.5 Å². The summed E-state index contributed by atoms with van der Waals surface area (Å²) in [7, 11) is 0. The van der Waals surface area contributed by atoms with Gasteiger partial charge in [-0.25, -0.2) is 0 Å². The molecule has 0 bridgehead atoms. The minimum Gasteiger partial charge on any atom is -0.468 e. The molecule has 0 aliphatic heterocycles. The number of para-hydroxylation sites is 1. The number of rotatable bonds is 8. The predicted octanol–water partition coefficient (Wildman–Crippen LogP) is 5.03. The van der Waals surface area contributed by atoms with Gasteiger partial charge in [0.15, 0.2) is 0 Å². The summed E-state index contributed by atoms with van der Waals surface area (Å²) in [6, 6.07) is 15.2. The van der Waals surface area contributed by atoms with Gasteiger partial charge in [0, 0.05) is 24.4 Å².